The number of amides is 1. The first-order valence-electron chi connectivity index (χ1n) is 8.40. The molecule has 3 rings (SSSR count). The van der Waals surface area contributed by atoms with Crippen LogP contribution in [-0.4, -0.2) is 52.0 Å². The van der Waals surface area contributed by atoms with Crippen LogP contribution in [0.4, 0.5) is 5.69 Å². The van der Waals surface area contributed by atoms with Crippen molar-refractivity contribution in [3.05, 3.63) is 46.8 Å². The van der Waals surface area contributed by atoms with Crippen LogP contribution in [0.3, 0.4) is 0 Å². The van der Waals surface area contributed by atoms with E-state index in [9.17, 15) is 13.2 Å². The Morgan fingerprint density at radius 1 is 1.25 bits per heavy atom. The summed E-state index contributed by atoms with van der Waals surface area (Å²) in [4.78, 5) is 12.3. The van der Waals surface area contributed by atoms with Crippen LogP contribution in [0.15, 0.2) is 50.4 Å². The van der Waals surface area contributed by atoms with Crippen molar-refractivity contribution in [2.45, 2.75) is 4.90 Å². The Morgan fingerprint density at radius 2 is 2.00 bits per heavy atom. The maximum Gasteiger partial charge on any atom is 0.248 e. The highest BCUT2D eigenvalue weighted by molar-refractivity contribution is 9.10. The number of hydrogen-bond acceptors (Lipinski definition) is 6. The van der Waals surface area contributed by atoms with E-state index in [0.717, 1.165) is 0 Å². The minimum Gasteiger partial charge on any atom is -0.495 e. The summed E-state index contributed by atoms with van der Waals surface area (Å²) >= 11 is 3.18. The van der Waals surface area contributed by atoms with Crippen molar-refractivity contribution in [3.63, 3.8) is 0 Å². The fraction of sp³-hybridized carbons (Fsp3) is 0.278. The second kappa shape index (κ2) is 8.91. The number of carbonyl (C=O) groups excluding carboxylic acids is 1. The van der Waals surface area contributed by atoms with E-state index in [0.29, 0.717) is 29.4 Å². The molecule has 0 bridgehead atoms. The van der Waals surface area contributed by atoms with Gasteiger partial charge in [0.25, 0.3) is 0 Å². The summed E-state index contributed by atoms with van der Waals surface area (Å²) in [6.07, 6.45) is 2.79. The van der Waals surface area contributed by atoms with Crippen molar-refractivity contribution < 1.29 is 27.1 Å². The predicted octanol–water partition coefficient (Wildman–Crippen LogP) is 2.72. The number of hydrogen-bond donors (Lipinski definition) is 1. The van der Waals surface area contributed by atoms with E-state index in [-0.39, 0.29) is 23.7 Å². The van der Waals surface area contributed by atoms with Crippen LogP contribution >= 0.6 is 15.9 Å². The molecule has 0 aliphatic carbocycles. The van der Waals surface area contributed by atoms with Crippen molar-refractivity contribution >= 4 is 43.6 Å². The summed E-state index contributed by atoms with van der Waals surface area (Å²) in [5, 5.41) is 2.64. The monoisotopic (exact) mass is 470 g/mol. The molecule has 1 amide bonds. The molecule has 0 saturated carbocycles. The molecule has 0 unspecified atom stereocenters. The Balaban J connectivity index is 1.80. The van der Waals surface area contributed by atoms with Gasteiger partial charge >= 0.3 is 0 Å². The van der Waals surface area contributed by atoms with Gasteiger partial charge in [0.1, 0.15) is 11.5 Å². The van der Waals surface area contributed by atoms with Crippen LogP contribution in [-0.2, 0) is 19.6 Å². The highest BCUT2D eigenvalue weighted by Crippen LogP contribution is 2.29. The lowest BCUT2D eigenvalue weighted by molar-refractivity contribution is -0.111. The van der Waals surface area contributed by atoms with Gasteiger partial charge in [-0.25, -0.2) is 8.42 Å². The van der Waals surface area contributed by atoms with Gasteiger partial charge in [-0.05, 0) is 52.3 Å². The average molecular weight is 471 g/mol. The lowest BCUT2D eigenvalue weighted by Gasteiger charge is -2.26. The number of sulfonamides is 1. The van der Waals surface area contributed by atoms with Crippen molar-refractivity contribution in [2.24, 2.45) is 0 Å². The number of anilines is 1. The fourth-order valence-electron chi connectivity index (χ4n) is 2.63. The maximum absolute atomic E-state index is 12.8. The van der Waals surface area contributed by atoms with Gasteiger partial charge in [-0.1, -0.05) is 0 Å². The molecular weight excluding hydrogens is 452 g/mol. The molecule has 1 aliphatic heterocycles. The Hall–Kier alpha value is -2.14. The molecule has 10 heteroatoms. The van der Waals surface area contributed by atoms with Crippen LogP contribution in [0.25, 0.3) is 6.08 Å². The van der Waals surface area contributed by atoms with Crippen molar-refractivity contribution in [3.8, 4) is 5.75 Å². The maximum atomic E-state index is 12.8. The fourth-order valence-corrected chi connectivity index (χ4v) is 4.39. The molecule has 1 aliphatic rings. The van der Waals surface area contributed by atoms with Crippen LogP contribution in [0.2, 0.25) is 0 Å². The van der Waals surface area contributed by atoms with Gasteiger partial charge in [-0.2, -0.15) is 4.31 Å². The van der Waals surface area contributed by atoms with E-state index in [4.69, 9.17) is 13.9 Å². The number of nitrogens with one attached hydrogen (secondary N) is 1. The second-order valence-electron chi connectivity index (χ2n) is 5.84. The second-order valence-corrected chi connectivity index (χ2v) is 8.56. The van der Waals surface area contributed by atoms with Crippen LogP contribution in [0.5, 0.6) is 5.75 Å². The zero-order valence-electron chi connectivity index (χ0n) is 15.1. The minimum absolute atomic E-state index is 0.0736. The first kappa shape index (κ1) is 20.6. The summed E-state index contributed by atoms with van der Waals surface area (Å²) in [6.45, 7) is 1.29. The van der Waals surface area contributed by atoms with Crippen LogP contribution in [0, 0.1) is 0 Å². The minimum atomic E-state index is -3.69. The number of nitrogens with zero attached hydrogens (tertiary/aromatic N) is 1. The molecule has 0 atom stereocenters. The molecule has 0 radical (unpaired) electrons. The summed E-state index contributed by atoms with van der Waals surface area (Å²) in [5.41, 5.74) is 0.257. The molecule has 1 aromatic carbocycles. The number of carbonyl (C=O) groups is 1. The number of methoxy groups -OCH3 is 1. The van der Waals surface area contributed by atoms with Gasteiger partial charge in [0.2, 0.25) is 15.9 Å². The highest BCUT2D eigenvalue weighted by atomic mass is 79.9. The standard InChI is InChI=1S/C18H19BrN2O6S/c1-25-16-5-4-14(28(23,24)21-8-10-26-11-9-21)12-15(16)20-18(22)7-3-13-2-6-17(19)27-13/h2-7,12H,8-11H2,1H3,(H,20,22)/b7-3-. The van der Waals surface area contributed by atoms with Crippen LogP contribution < -0.4 is 10.1 Å². The quantitative estimate of drug-likeness (QED) is 0.651. The molecule has 2 heterocycles. The van der Waals surface area contributed by atoms with Crippen molar-refractivity contribution in [1.82, 2.24) is 4.31 Å². The Morgan fingerprint density at radius 3 is 2.64 bits per heavy atom. The van der Waals surface area contributed by atoms with Gasteiger partial charge < -0.3 is 19.2 Å². The summed E-state index contributed by atoms with van der Waals surface area (Å²) in [7, 11) is -2.25. The van der Waals surface area contributed by atoms with Gasteiger partial charge in [0, 0.05) is 19.2 Å². The van der Waals surface area contributed by atoms with E-state index < -0.39 is 15.9 Å². The number of rotatable bonds is 6. The smallest absolute Gasteiger partial charge is 0.248 e. The van der Waals surface area contributed by atoms with E-state index in [2.05, 4.69) is 21.2 Å². The molecule has 1 saturated heterocycles. The summed E-state index contributed by atoms with van der Waals surface area (Å²) in [5.74, 6) is 0.396. The SMILES string of the molecule is COc1ccc(S(=O)(=O)N2CCOCC2)cc1NC(=O)/C=C\c1ccc(Br)o1. The number of furan rings is 1. The third-order valence-corrected chi connectivity index (χ3v) is 6.35. The molecule has 150 valence electrons. The van der Waals surface area contributed by atoms with E-state index in [1.54, 1.807) is 12.1 Å². The van der Waals surface area contributed by atoms with E-state index in [1.165, 1.54) is 41.8 Å². The van der Waals surface area contributed by atoms with Gasteiger partial charge in [-0.15, -0.1) is 0 Å². The summed E-state index contributed by atoms with van der Waals surface area (Å²) < 4.78 is 43.3. The molecule has 28 heavy (non-hydrogen) atoms. The van der Waals surface area contributed by atoms with Gasteiger partial charge in [0.15, 0.2) is 4.67 Å². The molecule has 1 aromatic heterocycles. The zero-order chi connectivity index (χ0) is 20.1. The third kappa shape index (κ3) is 4.82. The Labute approximate surface area is 171 Å². The van der Waals surface area contributed by atoms with E-state index >= 15 is 0 Å². The zero-order valence-corrected chi connectivity index (χ0v) is 17.5. The normalized spacial score (nSPS) is 15.6. The molecule has 1 fully saturated rings. The lowest BCUT2D eigenvalue weighted by Crippen LogP contribution is -2.40. The van der Waals surface area contributed by atoms with Crippen LogP contribution in [0.1, 0.15) is 5.76 Å². The largest absolute Gasteiger partial charge is 0.495 e. The Kier molecular flexibility index (Phi) is 6.55. The molecule has 0 spiro atoms. The molecule has 2 aromatic rings. The van der Waals surface area contributed by atoms with Crippen molar-refractivity contribution in [1.29, 1.82) is 0 Å². The first-order valence-corrected chi connectivity index (χ1v) is 10.6. The third-order valence-electron chi connectivity index (χ3n) is 4.03. The number of benzene rings is 1. The van der Waals surface area contributed by atoms with Gasteiger partial charge in [0.05, 0.1) is 30.9 Å². The number of halogens is 1. The number of morpholine rings is 1. The first-order chi connectivity index (χ1) is 13.4. The van der Waals surface area contributed by atoms with Crippen molar-refractivity contribution in [2.75, 3.05) is 38.7 Å². The topological polar surface area (TPSA) is 98.1 Å². The lowest BCUT2D eigenvalue weighted by atomic mass is 10.3. The molecular formula is C18H19BrN2O6S. The molecule has 1 N–H and O–H groups in total. The number of ether oxygens (including phenoxy) is 2. The molecule has 8 nitrogen and oxygen atoms in total. The van der Waals surface area contributed by atoms with Gasteiger partial charge in [-0.3, -0.25) is 4.79 Å². The summed E-state index contributed by atoms with van der Waals surface area (Å²) in [6, 6.07) is 7.76. The highest BCUT2D eigenvalue weighted by Gasteiger charge is 2.27. The average Bonchev–Trinajstić information content (AvgIpc) is 3.12. The Bertz CT molecular complexity index is 980. The predicted molar refractivity (Wildman–Crippen MR) is 107 cm³/mol. The van der Waals surface area contributed by atoms with E-state index in [1.807, 2.05) is 0 Å².